The maximum atomic E-state index is 12.0. The lowest BCUT2D eigenvalue weighted by molar-refractivity contribution is 0.233. The molecule has 1 aromatic carbocycles. The summed E-state index contributed by atoms with van der Waals surface area (Å²) in [6.07, 6.45) is 1.43. The highest BCUT2D eigenvalue weighted by Crippen LogP contribution is 2.14. The fourth-order valence-corrected chi connectivity index (χ4v) is 4.93. The number of rotatable bonds is 4. The monoisotopic (exact) mass is 337 g/mol. The van der Waals surface area contributed by atoms with Crippen molar-refractivity contribution < 1.29 is 13.2 Å². The molecule has 0 spiro atoms. The highest BCUT2D eigenvalue weighted by molar-refractivity contribution is 7.91. The van der Waals surface area contributed by atoms with Crippen LogP contribution in [0.4, 0.5) is 4.79 Å². The topological polar surface area (TPSA) is 78.5 Å². The average Bonchev–Trinajstić information content (AvgIpc) is 3.06. The maximum absolute atomic E-state index is 12.0. The summed E-state index contributed by atoms with van der Waals surface area (Å²) in [4.78, 5) is 14.3. The van der Waals surface area contributed by atoms with E-state index < -0.39 is 9.84 Å². The lowest BCUT2D eigenvalue weighted by Gasteiger charge is -2.18. The molecule has 2 atom stereocenters. The van der Waals surface area contributed by atoms with E-state index in [4.69, 9.17) is 0 Å². The van der Waals surface area contributed by atoms with E-state index in [2.05, 4.69) is 27.7 Å². The van der Waals surface area contributed by atoms with Gasteiger partial charge in [0.15, 0.2) is 9.84 Å². The quantitative estimate of drug-likeness (QED) is 0.850. The third-order valence-corrected chi connectivity index (χ3v) is 6.19. The molecule has 1 aromatic rings. The number of nitrogens with one attached hydrogen (secondary N) is 2. The molecule has 0 aliphatic carbocycles. The molecule has 6 nitrogen and oxygen atoms in total. The Balaban J connectivity index is 1.42. The van der Waals surface area contributed by atoms with E-state index in [1.807, 2.05) is 18.2 Å². The number of carbonyl (C=O) groups excluding carboxylic acids is 1. The Morgan fingerprint density at radius 3 is 2.57 bits per heavy atom. The Labute approximate surface area is 137 Å². The highest BCUT2D eigenvalue weighted by Gasteiger charge is 2.30. The standard InChI is InChI=1S/C16H23N3O3S/c20-16(18-15-7-9-23(21,22)12-15)17-14-6-8-19(11-14)10-13-4-2-1-3-5-13/h1-5,14-15H,6-12H2,(H2,17,18,20). The SMILES string of the molecule is O=C(NC1CCN(Cc2ccccc2)C1)NC1CCS(=O)(=O)C1. The molecule has 2 heterocycles. The van der Waals surface area contributed by atoms with E-state index in [0.717, 1.165) is 26.1 Å². The van der Waals surface area contributed by atoms with E-state index in [-0.39, 0.29) is 29.6 Å². The zero-order chi connectivity index (χ0) is 16.3. The summed E-state index contributed by atoms with van der Waals surface area (Å²) in [5, 5.41) is 5.74. The summed E-state index contributed by atoms with van der Waals surface area (Å²) in [6, 6.07) is 9.90. The number of amides is 2. The molecule has 2 aliphatic heterocycles. The van der Waals surface area contributed by atoms with Gasteiger partial charge in [0.1, 0.15) is 0 Å². The average molecular weight is 337 g/mol. The molecule has 0 bridgehead atoms. The van der Waals surface area contributed by atoms with Crippen LogP contribution in [0, 0.1) is 0 Å². The molecule has 126 valence electrons. The maximum Gasteiger partial charge on any atom is 0.315 e. The molecule has 2 N–H and O–H groups in total. The molecule has 0 saturated carbocycles. The van der Waals surface area contributed by atoms with E-state index in [9.17, 15) is 13.2 Å². The molecule has 2 fully saturated rings. The zero-order valence-corrected chi connectivity index (χ0v) is 13.9. The van der Waals surface area contributed by atoms with Gasteiger partial charge in [-0.05, 0) is 18.4 Å². The smallest absolute Gasteiger partial charge is 0.315 e. The van der Waals surface area contributed by atoms with E-state index in [1.165, 1.54) is 5.56 Å². The minimum atomic E-state index is -2.96. The first-order chi connectivity index (χ1) is 11.0. The van der Waals surface area contributed by atoms with Crippen molar-refractivity contribution in [3.8, 4) is 0 Å². The van der Waals surface area contributed by atoms with Crippen LogP contribution in [0.3, 0.4) is 0 Å². The molecular formula is C16H23N3O3S. The minimum absolute atomic E-state index is 0.0607. The number of hydrogen-bond acceptors (Lipinski definition) is 4. The molecule has 3 rings (SSSR count). The normalized spacial score (nSPS) is 27.0. The molecule has 0 radical (unpaired) electrons. The van der Waals surface area contributed by atoms with Crippen molar-refractivity contribution in [3.63, 3.8) is 0 Å². The van der Waals surface area contributed by atoms with Crippen molar-refractivity contribution in [1.82, 2.24) is 15.5 Å². The highest BCUT2D eigenvalue weighted by atomic mass is 32.2. The second kappa shape index (κ2) is 6.88. The van der Waals surface area contributed by atoms with Crippen LogP contribution in [0.25, 0.3) is 0 Å². The fourth-order valence-electron chi connectivity index (χ4n) is 3.26. The number of likely N-dealkylation sites (tertiary alicyclic amines) is 1. The van der Waals surface area contributed by atoms with Crippen molar-refractivity contribution in [1.29, 1.82) is 0 Å². The molecule has 2 aliphatic rings. The molecule has 2 amide bonds. The second-order valence-corrected chi connectivity index (χ2v) is 8.65. The van der Waals surface area contributed by atoms with Crippen LogP contribution in [-0.2, 0) is 16.4 Å². The molecule has 2 unspecified atom stereocenters. The predicted octanol–water partition coefficient (Wildman–Crippen LogP) is 0.747. The van der Waals surface area contributed by atoms with Crippen molar-refractivity contribution in [2.45, 2.75) is 31.5 Å². The summed E-state index contributed by atoms with van der Waals surface area (Å²) < 4.78 is 22.8. The molecule has 2 saturated heterocycles. The predicted molar refractivity (Wildman–Crippen MR) is 88.9 cm³/mol. The van der Waals surface area contributed by atoms with Crippen molar-refractivity contribution in [2.75, 3.05) is 24.6 Å². The van der Waals surface area contributed by atoms with Crippen molar-refractivity contribution in [3.05, 3.63) is 35.9 Å². The van der Waals surface area contributed by atoms with Gasteiger partial charge in [-0.3, -0.25) is 4.90 Å². The van der Waals surface area contributed by atoms with Gasteiger partial charge < -0.3 is 10.6 Å². The van der Waals surface area contributed by atoms with E-state index in [1.54, 1.807) is 0 Å². The van der Waals surface area contributed by atoms with Crippen LogP contribution >= 0.6 is 0 Å². The van der Waals surface area contributed by atoms with Crippen LogP contribution in [-0.4, -0.2) is 56.0 Å². The Morgan fingerprint density at radius 1 is 1.13 bits per heavy atom. The van der Waals surface area contributed by atoms with Gasteiger partial charge in [0.25, 0.3) is 0 Å². The van der Waals surface area contributed by atoms with Gasteiger partial charge >= 0.3 is 6.03 Å². The zero-order valence-electron chi connectivity index (χ0n) is 13.1. The number of nitrogens with zero attached hydrogens (tertiary/aromatic N) is 1. The van der Waals surface area contributed by atoms with Crippen LogP contribution in [0.2, 0.25) is 0 Å². The van der Waals surface area contributed by atoms with Gasteiger partial charge in [0, 0.05) is 31.7 Å². The summed E-state index contributed by atoms with van der Waals surface area (Å²) in [5.41, 5.74) is 1.27. The Morgan fingerprint density at radius 2 is 1.87 bits per heavy atom. The lowest BCUT2D eigenvalue weighted by Crippen LogP contribution is -2.47. The first-order valence-electron chi connectivity index (χ1n) is 8.04. The van der Waals surface area contributed by atoms with Crippen molar-refractivity contribution >= 4 is 15.9 Å². The summed E-state index contributed by atoms with van der Waals surface area (Å²) in [6.45, 7) is 2.67. The van der Waals surface area contributed by atoms with Crippen LogP contribution in [0.1, 0.15) is 18.4 Å². The van der Waals surface area contributed by atoms with E-state index in [0.29, 0.717) is 6.42 Å². The van der Waals surface area contributed by atoms with Gasteiger partial charge in [-0.1, -0.05) is 30.3 Å². The van der Waals surface area contributed by atoms with Gasteiger partial charge in [0.05, 0.1) is 11.5 Å². The molecular weight excluding hydrogens is 314 g/mol. The number of sulfone groups is 1. The summed E-state index contributed by atoms with van der Waals surface area (Å²) in [7, 11) is -2.96. The Hall–Kier alpha value is -1.60. The molecule has 0 aromatic heterocycles. The summed E-state index contributed by atoms with van der Waals surface area (Å²) >= 11 is 0. The van der Waals surface area contributed by atoms with Gasteiger partial charge in [0.2, 0.25) is 0 Å². The number of hydrogen-bond donors (Lipinski definition) is 2. The molecule has 23 heavy (non-hydrogen) atoms. The second-order valence-electron chi connectivity index (χ2n) is 6.42. The third-order valence-electron chi connectivity index (χ3n) is 4.42. The number of carbonyl (C=O) groups is 1. The third kappa shape index (κ3) is 4.68. The summed E-state index contributed by atoms with van der Waals surface area (Å²) in [5.74, 6) is 0.234. The van der Waals surface area contributed by atoms with Gasteiger partial charge in [-0.15, -0.1) is 0 Å². The minimum Gasteiger partial charge on any atom is -0.334 e. The van der Waals surface area contributed by atoms with Crippen LogP contribution in [0.15, 0.2) is 30.3 Å². The van der Waals surface area contributed by atoms with Crippen LogP contribution < -0.4 is 10.6 Å². The van der Waals surface area contributed by atoms with Gasteiger partial charge in [-0.2, -0.15) is 0 Å². The number of benzene rings is 1. The first kappa shape index (κ1) is 16.3. The number of urea groups is 1. The first-order valence-corrected chi connectivity index (χ1v) is 9.86. The van der Waals surface area contributed by atoms with Crippen LogP contribution in [0.5, 0.6) is 0 Å². The molecule has 7 heteroatoms. The van der Waals surface area contributed by atoms with Crippen molar-refractivity contribution in [2.24, 2.45) is 0 Å². The largest absolute Gasteiger partial charge is 0.334 e. The lowest BCUT2D eigenvalue weighted by atomic mass is 10.2. The van der Waals surface area contributed by atoms with E-state index >= 15 is 0 Å². The van der Waals surface area contributed by atoms with Gasteiger partial charge in [-0.25, -0.2) is 13.2 Å². The Bertz CT molecular complexity index is 648. The Kier molecular flexibility index (Phi) is 4.87. The fraction of sp³-hybridized carbons (Fsp3) is 0.562.